The van der Waals surface area contributed by atoms with Crippen molar-refractivity contribution in [3.8, 4) is 22.6 Å². The molecule has 3 aromatic carbocycles. The van der Waals surface area contributed by atoms with Gasteiger partial charge in [-0.3, -0.25) is 4.90 Å². The minimum absolute atomic E-state index is 0.341. The molecule has 2 heterocycles. The summed E-state index contributed by atoms with van der Waals surface area (Å²) in [4.78, 5) is 2.66. The Morgan fingerprint density at radius 1 is 1.09 bits per heavy atom. The van der Waals surface area contributed by atoms with Crippen LogP contribution in [0.1, 0.15) is 11.1 Å². The topological polar surface area (TPSA) is 55.8 Å². The molecule has 5 nitrogen and oxygen atoms in total. The van der Waals surface area contributed by atoms with E-state index in [1.807, 2.05) is 12.1 Å². The second-order valence-corrected chi connectivity index (χ2v) is 11.2. The van der Waals surface area contributed by atoms with Gasteiger partial charge in [-0.25, -0.2) is 8.42 Å². The van der Waals surface area contributed by atoms with E-state index in [0.717, 1.165) is 41.3 Å². The summed E-state index contributed by atoms with van der Waals surface area (Å²) in [6, 6.07) is 19.8. The van der Waals surface area contributed by atoms with Crippen molar-refractivity contribution in [1.82, 2.24) is 4.90 Å². The van der Waals surface area contributed by atoms with Crippen LogP contribution in [0, 0.1) is 0 Å². The van der Waals surface area contributed by atoms with E-state index >= 15 is 0 Å². The Bertz CT molecular complexity index is 1410. The van der Waals surface area contributed by atoms with Crippen molar-refractivity contribution in [1.29, 1.82) is 0 Å². The third-order valence-electron chi connectivity index (χ3n) is 5.95. The summed E-state index contributed by atoms with van der Waals surface area (Å²) in [5.41, 5.74) is 4.47. The largest absolute Gasteiger partial charge is 0.493 e. The summed E-state index contributed by atoms with van der Waals surface area (Å²) in [7, 11) is -1.51. The third kappa shape index (κ3) is 4.49. The normalized spacial score (nSPS) is 14.5. The smallest absolute Gasteiger partial charge is 0.175 e. The van der Waals surface area contributed by atoms with Crippen LogP contribution >= 0.6 is 11.3 Å². The van der Waals surface area contributed by atoms with E-state index in [9.17, 15) is 8.42 Å². The molecule has 0 saturated heterocycles. The third-order valence-corrected chi connectivity index (χ3v) is 8.04. The highest BCUT2D eigenvalue weighted by Gasteiger charge is 2.21. The van der Waals surface area contributed by atoms with Gasteiger partial charge >= 0.3 is 0 Å². The van der Waals surface area contributed by atoms with Gasteiger partial charge in [-0.1, -0.05) is 30.3 Å². The lowest BCUT2D eigenvalue weighted by molar-refractivity contribution is 0.217. The molecule has 0 bridgehead atoms. The molecule has 4 aromatic rings. The number of hydrogen-bond donors (Lipinski definition) is 0. The first-order chi connectivity index (χ1) is 15.9. The van der Waals surface area contributed by atoms with Gasteiger partial charge in [-0.2, -0.15) is 0 Å². The Kier molecular flexibility index (Phi) is 5.86. The summed E-state index contributed by atoms with van der Waals surface area (Å²) in [5.74, 6) is 1.55. The molecule has 0 atom stereocenters. The monoisotopic (exact) mass is 479 g/mol. The lowest BCUT2D eigenvalue weighted by Crippen LogP contribution is -2.25. The molecule has 0 saturated carbocycles. The quantitative estimate of drug-likeness (QED) is 0.385. The second kappa shape index (κ2) is 8.82. The molecular formula is C26H25NO4S2. The summed E-state index contributed by atoms with van der Waals surface area (Å²) in [6.07, 6.45) is 1.23. The summed E-state index contributed by atoms with van der Waals surface area (Å²) < 4.78 is 36.6. The average Bonchev–Trinajstić information content (AvgIpc) is 3.13. The van der Waals surface area contributed by atoms with E-state index < -0.39 is 9.84 Å². The van der Waals surface area contributed by atoms with Gasteiger partial charge in [0.05, 0.1) is 12.0 Å². The minimum Gasteiger partial charge on any atom is -0.493 e. The molecule has 0 fully saturated rings. The zero-order valence-corrected chi connectivity index (χ0v) is 20.2. The highest BCUT2D eigenvalue weighted by atomic mass is 32.2. The van der Waals surface area contributed by atoms with Crippen molar-refractivity contribution in [3.05, 3.63) is 77.2 Å². The molecule has 1 aromatic heterocycles. The van der Waals surface area contributed by atoms with Crippen LogP contribution in [0.15, 0.2) is 70.9 Å². The van der Waals surface area contributed by atoms with Crippen molar-refractivity contribution in [2.45, 2.75) is 18.0 Å². The Morgan fingerprint density at radius 3 is 2.64 bits per heavy atom. The van der Waals surface area contributed by atoms with Crippen LogP contribution in [0.3, 0.4) is 0 Å². The highest BCUT2D eigenvalue weighted by molar-refractivity contribution is 7.90. The van der Waals surface area contributed by atoms with E-state index in [0.29, 0.717) is 18.0 Å². The van der Waals surface area contributed by atoms with Gasteiger partial charge in [-0.15, -0.1) is 11.3 Å². The molecule has 33 heavy (non-hydrogen) atoms. The number of hydrogen-bond acceptors (Lipinski definition) is 6. The summed E-state index contributed by atoms with van der Waals surface area (Å²) in [5, 5.41) is 3.44. The lowest BCUT2D eigenvalue weighted by Gasteiger charge is -2.20. The van der Waals surface area contributed by atoms with E-state index in [1.54, 1.807) is 30.6 Å². The minimum atomic E-state index is -3.19. The standard InChI is InChI=1S/C26H25NO4S2/c1-30-24-14-19(23-17-32-25-6-4-3-5-22(23)25)13-20-16-27(11-12-31-26(20)24)15-18-7-9-21(10-8-18)33(2,28)29/h3-10,13-14,17H,11-12,15-16H2,1-2H3. The number of fused-ring (bicyclic) bond motifs is 2. The Morgan fingerprint density at radius 2 is 1.88 bits per heavy atom. The van der Waals surface area contributed by atoms with Gasteiger partial charge in [-0.05, 0) is 46.8 Å². The van der Waals surface area contributed by atoms with Crippen LogP contribution in [0.4, 0.5) is 0 Å². The molecular weight excluding hydrogens is 454 g/mol. The Hall–Kier alpha value is -2.87. The molecule has 0 spiro atoms. The molecule has 170 valence electrons. The summed E-state index contributed by atoms with van der Waals surface area (Å²) in [6.45, 7) is 2.75. The fourth-order valence-electron chi connectivity index (χ4n) is 4.28. The van der Waals surface area contributed by atoms with Gasteiger partial charge in [0.15, 0.2) is 21.3 Å². The van der Waals surface area contributed by atoms with Gasteiger partial charge < -0.3 is 9.47 Å². The molecule has 7 heteroatoms. The molecule has 0 aliphatic carbocycles. The maximum Gasteiger partial charge on any atom is 0.175 e. The van der Waals surface area contributed by atoms with Crippen molar-refractivity contribution < 1.29 is 17.9 Å². The van der Waals surface area contributed by atoms with Gasteiger partial charge in [0.1, 0.15) is 6.61 Å². The van der Waals surface area contributed by atoms with Crippen molar-refractivity contribution >= 4 is 31.3 Å². The number of rotatable bonds is 5. The number of nitrogens with zero attached hydrogens (tertiary/aromatic N) is 1. The van der Waals surface area contributed by atoms with Crippen LogP contribution in [-0.2, 0) is 22.9 Å². The molecule has 5 rings (SSSR count). The zero-order chi connectivity index (χ0) is 23.0. The fraction of sp³-hybridized carbons (Fsp3) is 0.231. The van der Waals surface area contributed by atoms with Crippen molar-refractivity contribution in [2.75, 3.05) is 26.5 Å². The van der Waals surface area contributed by atoms with Crippen LogP contribution < -0.4 is 9.47 Å². The Balaban J connectivity index is 1.46. The number of ether oxygens (including phenoxy) is 2. The first-order valence-corrected chi connectivity index (χ1v) is 13.5. The maximum absolute atomic E-state index is 11.8. The maximum atomic E-state index is 11.8. The van der Waals surface area contributed by atoms with Crippen LogP contribution in [0.5, 0.6) is 11.5 Å². The number of benzene rings is 3. The molecule has 0 N–H and O–H groups in total. The van der Waals surface area contributed by atoms with Crippen molar-refractivity contribution in [3.63, 3.8) is 0 Å². The SMILES string of the molecule is COc1cc(-c2csc3ccccc23)cc2c1OCCN(Cc1ccc(S(C)(=O)=O)cc1)C2. The predicted molar refractivity (Wildman–Crippen MR) is 133 cm³/mol. The average molecular weight is 480 g/mol. The van der Waals surface area contributed by atoms with Crippen LogP contribution in [0.2, 0.25) is 0 Å². The second-order valence-electron chi connectivity index (χ2n) is 8.29. The van der Waals surface area contributed by atoms with E-state index in [2.05, 4.69) is 46.7 Å². The predicted octanol–water partition coefficient (Wildman–Crippen LogP) is 5.38. The molecule has 1 aliphatic rings. The molecule has 0 radical (unpaired) electrons. The van der Waals surface area contributed by atoms with Crippen LogP contribution in [-0.4, -0.2) is 39.8 Å². The number of methoxy groups -OCH3 is 1. The van der Waals surface area contributed by atoms with Crippen molar-refractivity contribution in [2.24, 2.45) is 0 Å². The lowest BCUT2D eigenvalue weighted by atomic mass is 10.0. The van der Waals surface area contributed by atoms with E-state index in [-0.39, 0.29) is 0 Å². The van der Waals surface area contributed by atoms with Crippen LogP contribution in [0.25, 0.3) is 21.2 Å². The van der Waals surface area contributed by atoms with Gasteiger partial charge in [0.25, 0.3) is 0 Å². The molecule has 0 amide bonds. The number of sulfone groups is 1. The fourth-order valence-corrected chi connectivity index (χ4v) is 5.88. The van der Waals surface area contributed by atoms with E-state index in [1.165, 1.54) is 21.9 Å². The zero-order valence-electron chi connectivity index (χ0n) is 18.6. The first kappa shape index (κ1) is 21.9. The molecule has 1 aliphatic heterocycles. The molecule has 0 unspecified atom stereocenters. The first-order valence-electron chi connectivity index (χ1n) is 10.7. The van der Waals surface area contributed by atoms with Gasteiger partial charge in [0.2, 0.25) is 0 Å². The number of thiophene rings is 1. The Labute approximate surface area is 198 Å². The summed E-state index contributed by atoms with van der Waals surface area (Å²) >= 11 is 1.74. The van der Waals surface area contributed by atoms with E-state index in [4.69, 9.17) is 9.47 Å². The highest BCUT2D eigenvalue weighted by Crippen LogP contribution is 2.41. The van der Waals surface area contributed by atoms with Gasteiger partial charge in [0, 0.05) is 47.1 Å².